The van der Waals surface area contributed by atoms with E-state index in [1.807, 2.05) is 0 Å². The van der Waals surface area contributed by atoms with Crippen molar-refractivity contribution < 1.29 is 19.2 Å². The van der Waals surface area contributed by atoms with Crippen molar-refractivity contribution in [3.8, 4) is 0 Å². The lowest BCUT2D eigenvalue weighted by Gasteiger charge is -2.16. The molecule has 0 aromatic heterocycles. The Morgan fingerprint density at radius 2 is 1.70 bits per heavy atom. The van der Waals surface area contributed by atoms with Crippen molar-refractivity contribution in [3.05, 3.63) is 24.3 Å². The summed E-state index contributed by atoms with van der Waals surface area (Å²) in [4.78, 5) is 48.9. The van der Waals surface area contributed by atoms with E-state index in [-0.39, 0.29) is 18.5 Å². The van der Waals surface area contributed by atoms with Crippen LogP contribution in [0.25, 0.3) is 0 Å². The molecule has 1 saturated heterocycles. The van der Waals surface area contributed by atoms with Crippen LogP contribution in [0.2, 0.25) is 0 Å². The molecule has 1 aliphatic carbocycles. The lowest BCUT2D eigenvalue weighted by Crippen LogP contribution is -2.45. The molecule has 8 heteroatoms. The molecule has 4 amide bonds. The fraction of sp³-hybridized carbons (Fsp3) is 0.474. The first-order valence-electron chi connectivity index (χ1n) is 9.32. The van der Waals surface area contributed by atoms with Gasteiger partial charge >= 0.3 is 11.8 Å². The highest BCUT2D eigenvalue weighted by Crippen LogP contribution is 2.23. The second-order valence-electron chi connectivity index (χ2n) is 6.88. The van der Waals surface area contributed by atoms with Crippen LogP contribution in [0.15, 0.2) is 24.3 Å². The van der Waals surface area contributed by atoms with Crippen molar-refractivity contribution in [3.63, 3.8) is 0 Å². The average molecular weight is 372 g/mol. The van der Waals surface area contributed by atoms with Crippen molar-refractivity contribution in [1.82, 2.24) is 10.6 Å². The van der Waals surface area contributed by atoms with E-state index in [2.05, 4.69) is 16.0 Å². The van der Waals surface area contributed by atoms with Crippen molar-refractivity contribution in [2.45, 2.75) is 44.6 Å². The third-order valence-corrected chi connectivity index (χ3v) is 4.84. The number of amides is 4. The van der Waals surface area contributed by atoms with E-state index in [0.29, 0.717) is 18.7 Å². The van der Waals surface area contributed by atoms with E-state index in [9.17, 15) is 19.2 Å². The SMILES string of the molecule is O=C(CNC(=O)C(=O)NC1CCCC1)Nc1ccc(N2CCCC2=O)cc1. The quantitative estimate of drug-likeness (QED) is 0.668. The molecular weight excluding hydrogens is 348 g/mol. The maximum atomic E-state index is 12.0. The van der Waals surface area contributed by atoms with Crippen LogP contribution < -0.4 is 20.9 Å². The third kappa shape index (κ3) is 5.06. The zero-order valence-electron chi connectivity index (χ0n) is 15.1. The first-order valence-corrected chi connectivity index (χ1v) is 9.32. The molecule has 1 saturated carbocycles. The van der Waals surface area contributed by atoms with E-state index in [4.69, 9.17) is 0 Å². The van der Waals surface area contributed by atoms with Gasteiger partial charge in [0.25, 0.3) is 0 Å². The molecule has 3 rings (SSSR count). The summed E-state index contributed by atoms with van der Waals surface area (Å²) in [5.74, 6) is -1.83. The summed E-state index contributed by atoms with van der Waals surface area (Å²) in [5.41, 5.74) is 1.35. The molecule has 1 aliphatic heterocycles. The lowest BCUT2D eigenvalue weighted by molar-refractivity contribution is -0.140. The zero-order chi connectivity index (χ0) is 19.2. The normalized spacial score (nSPS) is 17.0. The number of hydrogen-bond donors (Lipinski definition) is 3. The summed E-state index contributed by atoms with van der Waals surface area (Å²) < 4.78 is 0. The molecular formula is C19H24N4O4. The van der Waals surface area contributed by atoms with Gasteiger partial charge in [0, 0.05) is 30.4 Å². The Bertz CT molecular complexity index is 726. The number of carbonyl (C=O) groups is 4. The number of rotatable bonds is 5. The van der Waals surface area contributed by atoms with Crippen molar-refractivity contribution in [2.75, 3.05) is 23.3 Å². The standard InChI is InChI=1S/C19H24N4O4/c24-16(12-20-18(26)19(27)22-13-4-1-2-5-13)21-14-7-9-15(10-8-14)23-11-3-6-17(23)25/h7-10,13H,1-6,11-12H2,(H,20,26)(H,21,24)(H,22,27). The monoisotopic (exact) mass is 372 g/mol. The molecule has 2 aliphatic rings. The van der Waals surface area contributed by atoms with Crippen LogP contribution in [0.4, 0.5) is 11.4 Å². The molecule has 1 heterocycles. The maximum Gasteiger partial charge on any atom is 0.309 e. The topological polar surface area (TPSA) is 108 Å². The van der Waals surface area contributed by atoms with E-state index < -0.39 is 17.7 Å². The molecule has 0 atom stereocenters. The molecule has 0 radical (unpaired) electrons. The summed E-state index contributed by atoms with van der Waals surface area (Å²) >= 11 is 0. The van der Waals surface area contributed by atoms with Crippen molar-refractivity contribution in [1.29, 1.82) is 0 Å². The third-order valence-electron chi connectivity index (χ3n) is 4.84. The predicted octanol–water partition coefficient (Wildman–Crippen LogP) is 0.927. The minimum absolute atomic E-state index is 0.0538. The Kier molecular flexibility index (Phi) is 6.05. The second kappa shape index (κ2) is 8.66. The highest BCUT2D eigenvalue weighted by Gasteiger charge is 2.22. The first kappa shape index (κ1) is 18.9. The Hall–Kier alpha value is -2.90. The molecule has 0 spiro atoms. The Morgan fingerprint density at radius 3 is 2.33 bits per heavy atom. The summed E-state index contributed by atoms with van der Waals surface area (Å²) in [6, 6.07) is 7.00. The molecule has 8 nitrogen and oxygen atoms in total. The van der Waals surface area contributed by atoms with Gasteiger partial charge in [0.2, 0.25) is 11.8 Å². The van der Waals surface area contributed by atoms with Crippen LogP contribution in [0.1, 0.15) is 38.5 Å². The summed E-state index contributed by atoms with van der Waals surface area (Å²) in [6.45, 7) is 0.419. The molecule has 144 valence electrons. The smallest absolute Gasteiger partial charge is 0.309 e. The van der Waals surface area contributed by atoms with Crippen LogP contribution in [-0.4, -0.2) is 42.8 Å². The van der Waals surface area contributed by atoms with Gasteiger partial charge in [0.05, 0.1) is 6.54 Å². The van der Waals surface area contributed by atoms with E-state index in [0.717, 1.165) is 37.8 Å². The number of carbonyl (C=O) groups excluding carboxylic acids is 4. The average Bonchev–Trinajstić information content (AvgIpc) is 3.32. The fourth-order valence-electron chi connectivity index (χ4n) is 3.41. The van der Waals surface area contributed by atoms with Gasteiger partial charge in [0.15, 0.2) is 0 Å². The highest BCUT2D eigenvalue weighted by atomic mass is 16.2. The maximum absolute atomic E-state index is 12.0. The summed E-state index contributed by atoms with van der Waals surface area (Å²) in [6.07, 6.45) is 5.30. The van der Waals surface area contributed by atoms with E-state index >= 15 is 0 Å². The van der Waals surface area contributed by atoms with Gasteiger partial charge < -0.3 is 20.9 Å². The van der Waals surface area contributed by atoms with Gasteiger partial charge in [-0.3, -0.25) is 19.2 Å². The van der Waals surface area contributed by atoms with Crippen LogP contribution in [0.5, 0.6) is 0 Å². The van der Waals surface area contributed by atoms with Crippen molar-refractivity contribution >= 4 is 35.0 Å². The Balaban J connectivity index is 1.42. The van der Waals surface area contributed by atoms with Gasteiger partial charge in [-0.2, -0.15) is 0 Å². The van der Waals surface area contributed by atoms with Gasteiger partial charge in [-0.25, -0.2) is 0 Å². The molecule has 2 fully saturated rings. The second-order valence-corrected chi connectivity index (χ2v) is 6.88. The minimum Gasteiger partial charge on any atom is -0.345 e. The van der Waals surface area contributed by atoms with Crippen LogP contribution in [0, 0.1) is 0 Å². The molecule has 3 N–H and O–H groups in total. The van der Waals surface area contributed by atoms with E-state index in [1.165, 1.54) is 0 Å². The van der Waals surface area contributed by atoms with Gasteiger partial charge in [-0.1, -0.05) is 12.8 Å². The fourth-order valence-corrected chi connectivity index (χ4v) is 3.41. The zero-order valence-corrected chi connectivity index (χ0v) is 15.1. The number of nitrogens with one attached hydrogen (secondary N) is 3. The predicted molar refractivity (Wildman–Crippen MR) is 100 cm³/mol. The summed E-state index contributed by atoms with van der Waals surface area (Å²) in [5, 5.41) is 7.65. The molecule has 1 aromatic rings. The van der Waals surface area contributed by atoms with Gasteiger partial charge in [-0.15, -0.1) is 0 Å². The van der Waals surface area contributed by atoms with Crippen molar-refractivity contribution in [2.24, 2.45) is 0 Å². The molecule has 27 heavy (non-hydrogen) atoms. The first-order chi connectivity index (χ1) is 13.0. The molecule has 1 aromatic carbocycles. The van der Waals surface area contributed by atoms with E-state index in [1.54, 1.807) is 29.2 Å². The Labute approximate surface area is 157 Å². The van der Waals surface area contributed by atoms with Gasteiger partial charge in [0.1, 0.15) is 0 Å². The highest BCUT2D eigenvalue weighted by molar-refractivity contribution is 6.35. The molecule has 0 unspecified atom stereocenters. The van der Waals surface area contributed by atoms with Gasteiger partial charge in [-0.05, 0) is 43.5 Å². The number of anilines is 2. The molecule has 0 bridgehead atoms. The van der Waals surface area contributed by atoms with Crippen LogP contribution in [0.3, 0.4) is 0 Å². The largest absolute Gasteiger partial charge is 0.345 e. The van der Waals surface area contributed by atoms with Crippen LogP contribution >= 0.6 is 0 Å². The number of nitrogens with zero attached hydrogens (tertiary/aromatic N) is 1. The lowest BCUT2D eigenvalue weighted by atomic mass is 10.2. The summed E-state index contributed by atoms with van der Waals surface area (Å²) in [7, 11) is 0. The van der Waals surface area contributed by atoms with Crippen LogP contribution in [-0.2, 0) is 19.2 Å². The Morgan fingerprint density at radius 1 is 1.00 bits per heavy atom. The minimum atomic E-state index is -0.806. The number of hydrogen-bond acceptors (Lipinski definition) is 4. The number of benzene rings is 1.